The van der Waals surface area contributed by atoms with Gasteiger partial charge in [0, 0.05) is 15.2 Å². The molecular formula is C8H8BrIO. The number of hydrogen-bond donors (Lipinski definition) is 0. The SMILES string of the molecule is COCc1ccc(I)cc1Br. The van der Waals surface area contributed by atoms with E-state index in [0.717, 1.165) is 4.47 Å². The van der Waals surface area contributed by atoms with Gasteiger partial charge < -0.3 is 4.74 Å². The molecule has 0 aliphatic heterocycles. The summed E-state index contributed by atoms with van der Waals surface area (Å²) in [7, 11) is 1.70. The third-order valence-corrected chi connectivity index (χ3v) is 2.72. The minimum Gasteiger partial charge on any atom is -0.380 e. The van der Waals surface area contributed by atoms with Crippen molar-refractivity contribution in [2.75, 3.05) is 7.11 Å². The van der Waals surface area contributed by atoms with Crippen LogP contribution in [0.25, 0.3) is 0 Å². The van der Waals surface area contributed by atoms with E-state index >= 15 is 0 Å². The predicted octanol–water partition coefficient (Wildman–Crippen LogP) is 3.20. The number of rotatable bonds is 2. The molecule has 0 amide bonds. The third kappa shape index (κ3) is 2.72. The van der Waals surface area contributed by atoms with E-state index in [1.807, 2.05) is 0 Å². The summed E-state index contributed by atoms with van der Waals surface area (Å²) in [5.41, 5.74) is 1.19. The molecule has 0 unspecified atom stereocenters. The topological polar surface area (TPSA) is 9.23 Å². The molecule has 0 radical (unpaired) electrons. The maximum atomic E-state index is 5.02. The monoisotopic (exact) mass is 326 g/mol. The van der Waals surface area contributed by atoms with Crippen LogP contribution >= 0.6 is 38.5 Å². The molecule has 11 heavy (non-hydrogen) atoms. The van der Waals surface area contributed by atoms with Crippen LogP contribution in [0.15, 0.2) is 22.7 Å². The van der Waals surface area contributed by atoms with Crippen molar-refractivity contribution >= 4 is 38.5 Å². The van der Waals surface area contributed by atoms with E-state index in [-0.39, 0.29) is 0 Å². The first kappa shape index (κ1) is 9.48. The van der Waals surface area contributed by atoms with Crippen LogP contribution in [0.1, 0.15) is 5.56 Å². The maximum absolute atomic E-state index is 5.02. The Labute approximate surface area is 88.4 Å². The first-order valence-electron chi connectivity index (χ1n) is 3.17. The second-order valence-electron chi connectivity index (χ2n) is 2.17. The van der Waals surface area contributed by atoms with Crippen molar-refractivity contribution in [1.82, 2.24) is 0 Å². The van der Waals surface area contributed by atoms with E-state index in [2.05, 4.69) is 56.7 Å². The van der Waals surface area contributed by atoms with E-state index in [4.69, 9.17) is 4.74 Å². The summed E-state index contributed by atoms with van der Waals surface area (Å²) >= 11 is 5.74. The van der Waals surface area contributed by atoms with Gasteiger partial charge in [-0.1, -0.05) is 22.0 Å². The Morgan fingerprint density at radius 1 is 1.55 bits per heavy atom. The smallest absolute Gasteiger partial charge is 0.0724 e. The number of hydrogen-bond acceptors (Lipinski definition) is 1. The Balaban J connectivity index is 2.90. The van der Waals surface area contributed by atoms with Crippen molar-refractivity contribution in [3.05, 3.63) is 31.8 Å². The number of ether oxygens (including phenoxy) is 1. The zero-order chi connectivity index (χ0) is 8.27. The highest BCUT2D eigenvalue weighted by Gasteiger charge is 1.98. The Kier molecular flexibility index (Phi) is 3.81. The van der Waals surface area contributed by atoms with Gasteiger partial charge >= 0.3 is 0 Å². The van der Waals surface area contributed by atoms with Crippen molar-refractivity contribution in [2.45, 2.75) is 6.61 Å². The Morgan fingerprint density at radius 3 is 2.82 bits per heavy atom. The fourth-order valence-electron chi connectivity index (χ4n) is 0.794. The quantitative estimate of drug-likeness (QED) is 0.758. The van der Waals surface area contributed by atoms with Gasteiger partial charge in [0.2, 0.25) is 0 Å². The van der Waals surface area contributed by atoms with Crippen LogP contribution in [0, 0.1) is 3.57 Å². The second-order valence-corrected chi connectivity index (χ2v) is 4.27. The summed E-state index contributed by atoms with van der Waals surface area (Å²) in [6, 6.07) is 6.21. The van der Waals surface area contributed by atoms with Crippen molar-refractivity contribution in [3.8, 4) is 0 Å². The van der Waals surface area contributed by atoms with Crippen LogP contribution in [0.5, 0.6) is 0 Å². The van der Waals surface area contributed by atoms with Gasteiger partial charge in [0.25, 0.3) is 0 Å². The normalized spacial score (nSPS) is 10.1. The highest BCUT2D eigenvalue weighted by molar-refractivity contribution is 14.1. The number of benzene rings is 1. The number of methoxy groups -OCH3 is 1. The predicted molar refractivity (Wildman–Crippen MR) is 57.6 cm³/mol. The molecule has 1 aromatic rings. The lowest BCUT2D eigenvalue weighted by Gasteiger charge is -2.02. The summed E-state index contributed by atoms with van der Waals surface area (Å²) in [6.45, 7) is 0.664. The molecule has 0 aliphatic carbocycles. The maximum Gasteiger partial charge on any atom is 0.0724 e. The Morgan fingerprint density at radius 2 is 2.27 bits per heavy atom. The van der Waals surface area contributed by atoms with Crippen molar-refractivity contribution < 1.29 is 4.74 Å². The molecule has 60 valence electrons. The first-order chi connectivity index (χ1) is 5.24. The molecule has 0 heterocycles. The molecule has 0 atom stereocenters. The molecule has 3 heteroatoms. The zero-order valence-electron chi connectivity index (χ0n) is 6.10. The zero-order valence-corrected chi connectivity index (χ0v) is 9.85. The Bertz CT molecular complexity index is 250. The lowest BCUT2D eigenvalue weighted by atomic mass is 10.2. The molecule has 1 rings (SSSR count). The molecular weight excluding hydrogens is 319 g/mol. The fourth-order valence-corrected chi connectivity index (χ4v) is 2.21. The second kappa shape index (κ2) is 4.42. The molecule has 0 aliphatic rings. The first-order valence-corrected chi connectivity index (χ1v) is 5.04. The van der Waals surface area contributed by atoms with Gasteiger partial charge in [-0.05, 0) is 40.3 Å². The standard InChI is InChI=1S/C8H8BrIO/c1-11-5-6-2-3-7(10)4-8(6)9/h2-4H,5H2,1H3. The summed E-state index contributed by atoms with van der Waals surface area (Å²) in [5.74, 6) is 0. The molecule has 0 N–H and O–H groups in total. The van der Waals surface area contributed by atoms with Crippen LogP contribution < -0.4 is 0 Å². The van der Waals surface area contributed by atoms with Crippen molar-refractivity contribution in [2.24, 2.45) is 0 Å². The molecule has 0 aromatic heterocycles. The van der Waals surface area contributed by atoms with Crippen LogP contribution in [0.2, 0.25) is 0 Å². The van der Waals surface area contributed by atoms with Crippen LogP contribution in [-0.2, 0) is 11.3 Å². The van der Waals surface area contributed by atoms with Crippen LogP contribution in [0.3, 0.4) is 0 Å². The summed E-state index contributed by atoms with van der Waals surface area (Å²) < 4.78 is 7.36. The lowest BCUT2D eigenvalue weighted by molar-refractivity contribution is 0.184. The summed E-state index contributed by atoms with van der Waals surface area (Å²) in [5, 5.41) is 0. The molecule has 1 nitrogen and oxygen atoms in total. The minimum atomic E-state index is 0.664. The van der Waals surface area contributed by atoms with Gasteiger partial charge in [-0.25, -0.2) is 0 Å². The lowest BCUT2D eigenvalue weighted by Crippen LogP contribution is -1.88. The molecule has 0 bridgehead atoms. The average molecular weight is 327 g/mol. The van der Waals surface area contributed by atoms with E-state index in [1.54, 1.807) is 7.11 Å². The van der Waals surface area contributed by atoms with Crippen LogP contribution in [0.4, 0.5) is 0 Å². The van der Waals surface area contributed by atoms with Crippen molar-refractivity contribution in [1.29, 1.82) is 0 Å². The fraction of sp³-hybridized carbons (Fsp3) is 0.250. The van der Waals surface area contributed by atoms with Crippen LogP contribution in [-0.4, -0.2) is 7.11 Å². The van der Waals surface area contributed by atoms with Gasteiger partial charge in [-0.2, -0.15) is 0 Å². The largest absolute Gasteiger partial charge is 0.380 e. The minimum absolute atomic E-state index is 0.664. The molecule has 0 saturated carbocycles. The van der Waals surface area contributed by atoms with E-state index in [1.165, 1.54) is 9.13 Å². The highest BCUT2D eigenvalue weighted by Crippen LogP contribution is 2.20. The van der Waals surface area contributed by atoms with E-state index in [9.17, 15) is 0 Å². The third-order valence-electron chi connectivity index (χ3n) is 1.31. The number of halogens is 2. The summed E-state index contributed by atoms with van der Waals surface area (Å²) in [6.07, 6.45) is 0. The average Bonchev–Trinajstić information content (AvgIpc) is 1.95. The summed E-state index contributed by atoms with van der Waals surface area (Å²) in [4.78, 5) is 0. The van der Waals surface area contributed by atoms with Gasteiger partial charge in [-0.15, -0.1) is 0 Å². The highest BCUT2D eigenvalue weighted by atomic mass is 127. The van der Waals surface area contributed by atoms with Gasteiger partial charge in [0.1, 0.15) is 0 Å². The van der Waals surface area contributed by atoms with Gasteiger partial charge in [-0.3, -0.25) is 0 Å². The molecule has 0 spiro atoms. The van der Waals surface area contributed by atoms with Gasteiger partial charge in [0.15, 0.2) is 0 Å². The van der Waals surface area contributed by atoms with Crippen molar-refractivity contribution in [3.63, 3.8) is 0 Å². The molecule has 0 saturated heterocycles. The Hall–Kier alpha value is 0.390. The van der Waals surface area contributed by atoms with Gasteiger partial charge in [0.05, 0.1) is 6.61 Å². The molecule has 0 fully saturated rings. The van der Waals surface area contributed by atoms with E-state index in [0.29, 0.717) is 6.61 Å². The molecule has 1 aromatic carbocycles. The van der Waals surface area contributed by atoms with E-state index < -0.39 is 0 Å².